The van der Waals surface area contributed by atoms with Crippen LogP contribution >= 0.6 is 0 Å². The molecule has 0 radical (unpaired) electrons. The van der Waals surface area contributed by atoms with Gasteiger partial charge in [-0.15, -0.1) is 0 Å². The van der Waals surface area contributed by atoms with Crippen molar-refractivity contribution < 1.29 is 9.90 Å². The summed E-state index contributed by atoms with van der Waals surface area (Å²) in [7, 11) is 0. The molecule has 23 heavy (non-hydrogen) atoms. The van der Waals surface area contributed by atoms with Crippen LogP contribution in [0.1, 0.15) is 40.5 Å². The number of carbonyl (C=O) groups is 1. The highest BCUT2D eigenvalue weighted by molar-refractivity contribution is 5.94. The SMILES string of the molecule is Cc1cc(=O)c(C(=O)NC(c2ccccc2)C2CC(O)C2)c[nH]1. The van der Waals surface area contributed by atoms with E-state index in [1.54, 1.807) is 6.92 Å². The molecular weight excluding hydrogens is 292 g/mol. The van der Waals surface area contributed by atoms with Crippen molar-refractivity contribution in [2.24, 2.45) is 5.92 Å². The number of carbonyl (C=O) groups excluding carboxylic acids is 1. The van der Waals surface area contributed by atoms with Gasteiger partial charge in [0.25, 0.3) is 5.91 Å². The Bertz CT molecular complexity index is 748. The number of nitrogens with one attached hydrogen (secondary N) is 2. The molecule has 5 heteroatoms. The van der Waals surface area contributed by atoms with E-state index in [2.05, 4.69) is 10.3 Å². The summed E-state index contributed by atoms with van der Waals surface area (Å²) in [5.41, 5.74) is 1.52. The Morgan fingerprint density at radius 1 is 1.30 bits per heavy atom. The van der Waals surface area contributed by atoms with Crippen molar-refractivity contribution in [3.05, 3.63) is 69.6 Å². The van der Waals surface area contributed by atoms with Crippen molar-refractivity contribution >= 4 is 5.91 Å². The van der Waals surface area contributed by atoms with E-state index in [-0.39, 0.29) is 35.0 Å². The van der Waals surface area contributed by atoms with Gasteiger partial charge in [0.2, 0.25) is 0 Å². The minimum absolute atomic E-state index is 0.108. The van der Waals surface area contributed by atoms with E-state index >= 15 is 0 Å². The lowest BCUT2D eigenvalue weighted by molar-refractivity contribution is 0.0235. The van der Waals surface area contributed by atoms with Crippen LogP contribution in [-0.4, -0.2) is 22.1 Å². The van der Waals surface area contributed by atoms with Crippen molar-refractivity contribution in [3.63, 3.8) is 0 Å². The molecule has 1 aromatic heterocycles. The zero-order valence-corrected chi connectivity index (χ0v) is 13.0. The molecule has 1 amide bonds. The van der Waals surface area contributed by atoms with Crippen LogP contribution in [0, 0.1) is 12.8 Å². The predicted molar refractivity (Wildman–Crippen MR) is 87.2 cm³/mol. The van der Waals surface area contributed by atoms with Crippen molar-refractivity contribution in [3.8, 4) is 0 Å². The highest BCUT2D eigenvalue weighted by Gasteiger charge is 2.35. The van der Waals surface area contributed by atoms with E-state index in [0.29, 0.717) is 18.5 Å². The fourth-order valence-corrected chi connectivity index (χ4v) is 3.01. The van der Waals surface area contributed by atoms with Gasteiger partial charge in [-0.05, 0) is 31.2 Å². The van der Waals surface area contributed by atoms with Crippen LogP contribution in [0.3, 0.4) is 0 Å². The third-order valence-corrected chi connectivity index (χ3v) is 4.37. The number of aromatic nitrogens is 1. The van der Waals surface area contributed by atoms with E-state index in [4.69, 9.17) is 0 Å². The van der Waals surface area contributed by atoms with E-state index in [1.807, 2.05) is 30.3 Å². The summed E-state index contributed by atoms with van der Waals surface area (Å²) in [6, 6.07) is 10.9. The number of benzene rings is 1. The van der Waals surface area contributed by atoms with Gasteiger partial charge >= 0.3 is 0 Å². The summed E-state index contributed by atoms with van der Waals surface area (Å²) in [6.45, 7) is 1.77. The number of aryl methyl sites for hydroxylation is 1. The number of rotatable bonds is 4. The van der Waals surface area contributed by atoms with Crippen LogP contribution in [0.15, 0.2) is 47.4 Å². The standard InChI is InChI=1S/C18H20N2O3/c1-11-7-16(22)15(10-19-11)18(23)20-17(13-8-14(21)9-13)12-5-3-2-4-6-12/h2-7,10,13-14,17,21H,8-9H2,1H3,(H,19,22)(H,20,23). The Hall–Kier alpha value is -2.40. The third-order valence-electron chi connectivity index (χ3n) is 4.37. The van der Waals surface area contributed by atoms with E-state index < -0.39 is 0 Å². The molecule has 3 N–H and O–H groups in total. The number of H-pyrrole nitrogens is 1. The Balaban J connectivity index is 1.83. The van der Waals surface area contributed by atoms with Crippen molar-refractivity contribution in [1.82, 2.24) is 10.3 Å². The molecule has 1 aliphatic carbocycles. The van der Waals surface area contributed by atoms with Gasteiger partial charge in [-0.1, -0.05) is 30.3 Å². The van der Waals surface area contributed by atoms with Gasteiger partial charge in [0, 0.05) is 18.0 Å². The first-order valence-electron chi connectivity index (χ1n) is 7.78. The largest absolute Gasteiger partial charge is 0.393 e. The second kappa shape index (κ2) is 6.38. The second-order valence-corrected chi connectivity index (χ2v) is 6.14. The van der Waals surface area contributed by atoms with Gasteiger partial charge in [-0.2, -0.15) is 0 Å². The predicted octanol–water partition coefficient (Wildman–Crippen LogP) is 1.93. The summed E-state index contributed by atoms with van der Waals surface area (Å²) in [4.78, 5) is 27.4. The number of pyridine rings is 1. The van der Waals surface area contributed by atoms with E-state index in [9.17, 15) is 14.7 Å². The number of aliphatic hydroxyl groups excluding tert-OH is 1. The Morgan fingerprint density at radius 3 is 2.61 bits per heavy atom. The molecule has 1 heterocycles. The maximum Gasteiger partial charge on any atom is 0.257 e. The molecule has 2 aromatic rings. The molecule has 5 nitrogen and oxygen atoms in total. The van der Waals surface area contributed by atoms with Crippen LogP contribution in [0.4, 0.5) is 0 Å². The van der Waals surface area contributed by atoms with Gasteiger partial charge in [-0.3, -0.25) is 9.59 Å². The minimum Gasteiger partial charge on any atom is -0.393 e. The van der Waals surface area contributed by atoms with Crippen LogP contribution in [0.25, 0.3) is 0 Å². The van der Waals surface area contributed by atoms with Gasteiger partial charge in [0.15, 0.2) is 5.43 Å². The van der Waals surface area contributed by atoms with Gasteiger partial charge < -0.3 is 15.4 Å². The van der Waals surface area contributed by atoms with Crippen LogP contribution in [0.5, 0.6) is 0 Å². The topological polar surface area (TPSA) is 82.2 Å². The average molecular weight is 312 g/mol. The molecule has 0 saturated heterocycles. The third kappa shape index (κ3) is 3.35. The molecule has 3 rings (SSSR count). The quantitative estimate of drug-likeness (QED) is 0.807. The fraction of sp³-hybridized carbons (Fsp3) is 0.333. The number of hydrogen-bond acceptors (Lipinski definition) is 3. The second-order valence-electron chi connectivity index (χ2n) is 6.14. The molecule has 1 aliphatic rings. The fourth-order valence-electron chi connectivity index (χ4n) is 3.01. The first kappa shape index (κ1) is 15.5. The zero-order chi connectivity index (χ0) is 16.4. The normalized spacial score (nSPS) is 21.3. The Labute approximate surface area is 134 Å². The van der Waals surface area contributed by atoms with Crippen LogP contribution in [-0.2, 0) is 0 Å². The molecule has 1 unspecified atom stereocenters. The maximum absolute atomic E-state index is 12.5. The summed E-state index contributed by atoms with van der Waals surface area (Å²) < 4.78 is 0. The molecule has 1 fully saturated rings. The lowest BCUT2D eigenvalue weighted by Gasteiger charge is -2.38. The minimum atomic E-state index is -0.388. The summed E-state index contributed by atoms with van der Waals surface area (Å²) in [6.07, 6.45) is 2.46. The van der Waals surface area contributed by atoms with Gasteiger partial charge in [-0.25, -0.2) is 0 Å². The number of aliphatic hydroxyl groups is 1. The molecule has 120 valence electrons. The summed E-state index contributed by atoms with van der Waals surface area (Å²) in [5.74, 6) is -0.206. The average Bonchev–Trinajstić information content (AvgIpc) is 2.50. The Kier molecular flexibility index (Phi) is 4.30. The van der Waals surface area contributed by atoms with Crippen LogP contribution in [0.2, 0.25) is 0 Å². The zero-order valence-electron chi connectivity index (χ0n) is 13.0. The lowest BCUT2D eigenvalue weighted by Crippen LogP contribution is -2.42. The molecule has 1 atom stereocenters. The smallest absolute Gasteiger partial charge is 0.257 e. The van der Waals surface area contributed by atoms with Gasteiger partial charge in [0.05, 0.1) is 12.1 Å². The van der Waals surface area contributed by atoms with E-state index in [0.717, 1.165) is 5.56 Å². The van der Waals surface area contributed by atoms with Gasteiger partial charge in [0.1, 0.15) is 5.56 Å². The highest BCUT2D eigenvalue weighted by Crippen LogP contribution is 2.38. The summed E-state index contributed by atoms with van der Waals surface area (Å²) in [5, 5.41) is 12.5. The molecule has 1 saturated carbocycles. The van der Waals surface area contributed by atoms with E-state index in [1.165, 1.54) is 12.3 Å². The lowest BCUT2D eigenvalue weighted by atomic mass is 9.75. The molecular formula is C18H20N2O3. The van der Waals surface area contributed by atoms with Crippen molar-refractivity contribution in [1.29, 1.82) is 0 Å². The first-order valence-corrected chi connectivity index (χ1v) is 7.78. The summed E-state index contributed by atoms with van der Waals surface area (Å²) >= 11 is 0. The maximum atomic E-state index is 12.5. The highest BCUT2D eigenvalue weighted by atomic mass is 16.3. The number of hydrogen-bond donors (Lipinski definition) is 3. The van der Waals surface area contributed by atoms with Crippen LogP contribution < -0.4 is 10.7 Å². The van der Waals surface area contributed by atoms with Crippen molar-refractivity contribution in [2.45, 2.75) is 31.9 Å². The van der Waals surface area contributed by atoms with Crippen molar-refractivity contribution in [2.75, 3.05) is 0 Å². The first-order chi connectivity index (χ1) is 11.0. The Morgan fingerprint density at radius 2 is 2.00 bits per heavy atom. The molecule has 0 bridgehead atoms. The molecule has 1 aromatic carbocycles. The number of amides is 1. The monoisotopic (exact) mass is 312 g/mol. The molecule has 0 aliphatic heterocycles. The number of aromatic amines is 1. The molecule has 0 spiro atoms.